The zero-order valence-corrected chi connectivity index (χ0v) is 11.3. The summed E-state index contributed by atoms with van der Waals surface area (Å²) in [7, 11) is 0. The molecule has 0 saturated heterocycles. The van der Waals surface area contributed by atoms with Gasteiger partial charge in [0.05, 0.1) is 17.9 Å². The van der Waals surface area contributed by atoms with E-state index in [1.165, 1.54) is 0 Å². The lowest BCUT2D eigenvalue weighted by molar-refractivity contribution is 0.0526. The summed E-state index contributed by atoms with van der Waals surface area (Å²) in [6, 6.07) is 7.37. The van der Waals surface area contributed by atoms with Crippen molar-refractivity contribution in [1.82, 2.24) is 4.98 Å². The van der Waals surface area contributed by atoms with Crippen LogP contribution < -0.4 is 0 Å². The van der Waals surface area contributed by atoms with Crippen molar-refractivity contribution in [3.05, 3.63) is 40.9 Å². The fourth-order valence-electron chi connectivity index (χ4n) is 1.57. The first kappa shape index (κ1) is 12.8. The second-order valence-corrected chi connectivity index (χ2v) is 4.65. The van der Waals surface area contributed by atoms with Crippen LogP contribution in [-0.2, 0) is 11.2 Å². The molecular formula is C14H15NO2S. The monoisotopic (exact) mass is 261 g/mol. The summed E-state index contributed by atoms with van der Waals surface area (Å²) in [6.07, 6.45) is 0.942. The van der Waals surface area contributed by atoms with E-state index in [9.17, 15) is 4.79 Å². The molecule has 1 aromatic heterocycles. The van der Waals surface area contributed by atoms with Crippen molar-refractivity contribution in [2.24, 2.45) is 0 Å². The molecule has 2 rings (SSSR count). The molecule has 18 heavy (non-hydrogen) atoms. The fraction of sp³-hybridized carbons (Fsp3) is 0.286. The molecule has 0 aliphatic heterocycles. The summed E-state index contributed by atoms with van der Waals surface area (Å²) in [5.74, 6) is -0.280. The smallest absolute Gasteiger partial charge is 0.338 e. The van der Waals surface area contributed by atoms with E-state index in [1.54, 1.807) is 30.4 Å². The van der Waals surface area contributed by atoms with Crippen LogP contribution in [0.25, 0.3) is 10.6 Å². The summed E-state index contributed by atoms with van der Waals surface area (Å²) in [5, 5.41) is 3.05. The first-order valence-electron chi connectivity index (χ1n) is 5.96. The predicted octanol–water partition coefficient (Wildman–Crippen LogP) is 3.55. The maximum absolute atomic E-state index is 11.5. The van der Waals surface area contributed by atoms with E-state index >= 15 is 0 Å². The van der Waals surface area contributed by atoms with Gasteiger partial charge in [-0.25, -0.2) is 9.78 Å². The van der Waals surface area contributed by atoms with Gasteiger partial charge in [-0.05, 0) is 25.5 Å². The highest BCUT2D eigenvalue weighted by Crippen LogP contribution is 2.24. The Morgan fingerprint density at radius 3 is 2.56 bits per heavy atom. The number of carbonyl (C=O) groups is 1. The van der Waals surface area contributed by atoms with E-state index in [4.69, 9.17) is 4.74 Å². The van der Waals surface area contributed by atoms with Crippen LogP contribution in [0.2, 0.25) is 0 Å². The molecule has 0 saturated carbocycles. The molecule has 0 aliphatic rings. The van der Waals surface area contributed by atoms with Crippen molar-refractivity contribution in [3.63, 3.8) is 0 Å². The van der Waals surface area contributed by atoms with Gasteiger partial charge in [0.15, 0.2) is 0 Å². The Labute approximate surface area is 110 Å². The maximum atomic E-state index is 11.5. The third kappa shape index (κ3) is 2.76. The van der Waals surface area contributed by atoms with Gasteiger partial charge >= 0.3 is 5.97 Å². The average molecular weight is 261 g/mol. The van der Waals surface area contributed by atoms with E-state index in [0.717, 1.165) is 22.7 Å². The van der Waals surface area contributed by atoms with Gasteiger partial charge in [0, 0.05) is 10.9 Å². The van der Waals surface area contributed by atoms with Gasteiger partial charge in [0.25, 0.3) is 0 Å². The third-order valence-electron chi connectivity index (χ3n) is 2.56. The van der Waals surface area contributed by atoms with Crippen molar-refractivity contribution >= 4 is 17.3 Å². The van der Waals surface area contributed by atoms with Gasteiger partial charge in [-0.2, -0.15) is 0 Å². The SMILES string of the molecule is CCOC(=O)c1ccc(-c2nc(CC)cs2)cc1. The molecule has 94 valence electrons. The number of esters is 1. The largest absolute Gasteiger partial charge is 0.462 e. The highest BCUT2D eigenvalue weighted by atomic mass is 32.1. The molecule has 0 unspecified atom stereocenters. The zero-order chi connectivity index (χ0) is 13.0. The minimum absolute atomic E-state index is 0.280. The topological polar surface area (TPSA) is 39.2 Å². The van der Waals surface area contributed by atoms with Crippen molar-refractivity contribution in [2.45, 2.75) is 20.3 Å². The number of hydrogen-bond acceptors (Lipinski definition) is 4. The van der Waals surface area contributed by atoms with Gasteiger partial charge in [-0.1, -0.05) is 19.1 Å². The van der Waals surface area contributed by atoms with Crippen LogP contribution in [0.15, 0.2) is 29.6 Å². The quantitative estimate of drug-likeness (QED) is 0.790. The predicted molar refractivity (Wildman–Crippen MR) is 72.9 cm³/mol. The Hall–Kier alpha value is -1.68. The summed E-state index contributed by atoms with van der Waals surface area (Å²) in [4.78, 5) is 16.0. The minimum atomic E-state index is -0.280. The summed E-state index contributed by atoms with van der Waals surface area (Å²) >= 11 is 1.62. The molecule has 1 heterocycles. The molecule has 0 fully saturated rings. The highest BCUT2D eigenvalue weighted by Gasteiger charge is 2.08. The van der Waals surface area contributed by atoms with Crippen molar-refractivity contribution in [2.75, 3.05) is 6.61 Å². The number of ether oxygens (including phenoxy) is 1. The van der Waals surface area contributed by atoms with Crippen LogP contribution >= 0.6 is 11.3 Å². The number of rotatable bonds is 4. The number of hydrogen-bond donors (Lipinski definition) is 0. The van der Waals surface area contributed by atoms with E-state index in [1.807, 2.05) is 12.1 Å². The molecule has 3 nitrogen and oxygen atoms in total. The molecule has 0 bridgehead atoms. The average Bonchev–Trinajstić information content (AvgIpc) is 2.88. The summed E-state index contributed by atoms with van der Waals surface area (Å²) in [6.45, 7) is 4.28. The lowest BCUT2D eigenvalue weighted by Crippen LogP contribution is -2.03. The first-order chi connectivity index (χ1) is 8.74. The van der Waals surface area contributed by atoms with Gasteiger partial charge in [0.1, 0.15) is 5.01 Å². The van der Waals surface area contributed by atoms with Crippen LogP contribution in [0.3, 0.4) is 0 Å². The lowest BCUT2D eigenvalue weighted by Gasteiger charge is -2.02. The molecule has 0 aliphatic carbocycles. The summed E-state index contributed by atoms with van der Waals surface area (Å²) < 4.78 is 4.94. The van der Waals surface area contributed by atoms with Gasteiger partial charge in [0.2, 0.25) is 0 Å². The number of nitrogens with zero attached hydrogens (tertiary/aromatic N) is 1. The number of benzene rings is 1. The summed E-state index contributed by atoms with van der Waals surface area (Å²) in [5.41, 5.74) is 2.71. The molecular weight excluding hydrogens is 246 g/mol. The van der Waals surface area contributed by atoms with E-state index in [-0.39, 0.29) is 5.97 Å². The Morgan fingerprint density at radius 1 is 1.28 bits per heavy atom. The number of thiazole rings is 1. The normalized spacial score (nSPS) is 10.3. The Bertz CT molecular complexity index is 531. The van der Waals surface area contributed by atoms with Crippen molar-refractivity contribution in [1.29, 1.82) is 0 Å². The first-order valence-corrected chi connectivity index (χ1v) is 6.84. The molecule has 0 radical (unpaired) electrons. The maximum Gasteiger partial charge on any atom is 0.338 e. The molecule has 0 atom stereocenters. The molecule has 1 aromatic carbocycles. The Morgan fingerprint density at radius 2 is 2.00 bits per heavy atom. The van der Waals surface area contributed by atoms with Crippen molar-refractivity contribution < 1.29 is 9.53 Å². The number of aromatic nitrogens is 1. The number of aryl methyl sites for hydroxylation is 1. The Kier molecular flexibility index (Phi) is 4.10. The standard InChI is InChI=1S/C14H15NO2S/c1-3-12-9-18-13(15-12)10-5-7-11(8-6-10)14(16)17-4-2/h5-9H,3-4H2,1-2H3. The van der Waals surface area contributed by atoms with E-state index in [2.05, 4.69) is 17.3 Å². The number of carbonyl (C=O) groups excluding carboxylic acids is 1. The van der Waals surface area contributed by atoms with Crippen molar-refractivity contribution in [3.8, 4) is 10.6 Å². The zero-order valence-electron chi connectivity index (χ0n) is 10.5. The van der Waals surface area contributed by atoms with Crippen LogP contribution in [0, 0.1) is 0 Å². The van der Waals surface area contributed by atoms with E-state index < -0.39 is 0 Å². The minimum Gasteiger partial charge on any atom is -0.462 e. The van der Waals surface area contributed by atoms with E-state index in [0.29, 0.717) is 12.2 Å². The molecule has 4 heteroatoms. The fourth-order valence-corrected chi connectivity index (χ4v) is 2.47. The van der Waals surface area contributed by atoms with Crippen LogP contribution in [0.5, 0.6) is 0 Å². The highest BCUT2D eigenvalue weighted by molar-refractivity contribution is 7.13. The Balaban J connectivity index is 2.19. The van der Waals surface area contributed by atoms with Gasteiger partial charge in [-0.15, -0.1) is 11.3 Å². The van der Waals surface area contributed by atoms with Crippen LogP contribution in [0.1, 0.15) is 29.9 Å². The molecule has 0 amide bonds. The lowest BCUT2D eigenvalue weighted by atomic mass is 10.1. The third-order valence-corrected chi connectivity index (χ3v) is 3.50. The second kappa shape index (κ2) is 5.78. The van der Waals surface area contributed by atoms with Crippen LogP contribution in [-0.4, -0.2) is 17.6 Å². The van der Waals surface area contributed by atoms with Gasteiger partial charge < -0.3 is 4.74 Å². The van der Waals surface area contributed by atoms with Gasteiger partial charge in [-0.3, -0.25) is 0 Å². The second-order valence-electron chi connectivity index (χ2n) is 3.80. The molecule has 0 N–H and O–H groups in total. The molecule has 2 aromatic rings. The molecule has 0 spiro atoms. The van der Waals surface area contributed by atoms with Crippen LogP contribution in [0.4, 0.5) is 0 Å².